The van der Waals surface area contributed by atoms with Crippen molar-refractivity contribution in [1.82, 2.24) is 5.16 Å². The molecule has 0 radical (unpaired) electrons. The second-order valence-corrected chi connectivity index (χ2v) is 6.71. The van der Waals surface area contributed by atoms with Crippen LogP contribution in [0.5, 0.6) is 11.5 Å². The molecule has 2 aromatic rings. The maximum Gasteiger partial charge on any atom is 0.311 e. The van der Waals surface area contributed by atoms with Gasteiger partial charge in [0.25, 0.3) is 5.91 Å². The molecule has 0 aliphatic carbocycles. The lowest BCUT2D eigenvalue weighted by atomic mass is 10.1. The predicted octanol–water partition coefficient (Wildman–Crippen LogP) is 1.29. The summed E-state index contributed by atoms with van der Waals surface area (Å²) in [7, 11) is 0. The zero-order valence-electron chi connectivity index (χ0n) is 15.7. The molecule has 0 spiro atoms. The number of hydrogen-bond donors (Lipinski definition) is 1. The highest BCUT2D eigenvalue weighted by molar-refractivity contribution is 6.00. The summed E-state index contributed by atoms with van der Waals surface area (Å²) in [6.45, 7) is 2.30. The first kappa shape index (κ1) is 18.8. The van der Waals surface area contributed by atoms with Crippen LogP contribution in [0.25, 0.3) is 0 Å². The minimum absolute atomic E-state index is 0.0113. The average molecular weight is 401 g/mol. The van der Waals surface area contributed by atoms with Crippen molar-refractivity contribution in [3.8, 4) is 11.5 Å². The standard InChI is InChI=1S/C19H19N3O7/c1-11-6-16(21-29-11)20-17(23)10-28-19(25)12-7-18(24)22(9-12)13-2-3-14-15(8-13)27-5-4-26-14/h2-3,6,8,12H,4-5,7,9-10H2,1H3,(H,20,21,23). The first-order valence-corrected chi connectivity index (χ1v) is 9.09. The van der Waals surface area contributed by atoms with Crippen molar-refractivity contribution < 1.29 is 33.1 Å². The summed E-state index contributed by atoms with van der Waals surface area (Å²) < 4.78 is 20.9. The zero-order valence-corrected chi connectivity index (χ0v) is 15.7. The number of carbonyl (C=O) groups excluding carboxylic acids is 3. The van der Waals surface area contributed by atoms with Crippen molar-refractivity contribution >= 4 is 29.3 Å². The van der Waals surface area contributed by atoms with E-state index in [1.54, 1.807) is 31.2 Å². The number of esters is 1. The molecular weight excluding hydrogens is 382 g/mol. The van der Waals surface area contributed by atoms with Crippen molar-refractivity contribution in [2.45, 2.75) is 13.3 Å². The van der Waals surface area contributed by atoms with Gasteiger partial charge in [0.1, 0.15) is 19.0 Å². The highest BCUT2D eigenvalue weighted by Gasteiger charge is 2.36. The third-order valence-electron chi connectivity index (χ3n) is 4.54. The van der Waals surface area contributed by atoms with E-state index in [0.717, 1.165) is 0 Å². The lowest BCUT2D eigenvalue weighted by Gasteiger charge is -2.22. The average Bonchev–Trinajstić information content (AvgIpc) is 3.31. The van der Waals surface area contributed by atoms with Gasteiger partial charge in [0.05, 0.1) is 5.92 Å². The summed E-state index contributed by atoms with van der Waals surface area (Å²) in [5, 5.41) is 6.08. The highest BCUT2D eigenvalue weighted by atomic mass is 16.6. The predicted molar refractivity (Wildman–Crippen MR) is 98.7 cm³/mol. The van der Waals surface area contributed by atoms with Crippen LogP contribution < -0.4 is 19.7 Å². The van der Waals surface area contributed by atoms with Gasteiger partial charge >= 0.3 is 5.97 Å². The Morgan fingerprint density at radius 2 is 2.03 bits per heavy atom. The van der Waals surface area contributed by atoms with Gasteiger partial charge in [-0.15, -0.1) is 0 Å². The smallest absolute Gasteiger partial charge is 0.311 e. The Morgan fingerprint density at radius 3 is 2.79 bits per heavy atom. The largest absolute Gasteiger partial charge is 0.486 e. The maximum atomic E-state index is 12.4. The molecular formula is C19H19N3O7. The van der Waals surface area contributed by atoms with Crippen molar-refractivity contribution in [2.75, 3.05) is 36.6 Å². The molecule has 1 N–H and O–H groups in total. The fraction of sp³-hybridized carbons (Fsp3) is 0.368. The second kappa shape index (κ2) is 7.82. The summed E-state index contributed by atoms with van der Waals surface area (Å²) in [5.41, 5.74) is 0.619. The van der Waals surface area contributed by atoms with Crippen LogP contribution in [-0.2, 0) is 19.1 Å². The number of aromatic nitrogens is 1. The SMILES string of the molecule is Cc1cc(NC(=O)COC(=O)C2CC(=O)N(c3ccc4c(c3)OCCO4)C2)no1. The molecule has 2 aliphatic rings. The van der Waals surface area contributed by atoms with Gasteiger partial charge in [-0.3, -0.25) is 14.4 Å². The molecule has 0 saturated carbocycles. The number of carbonyl (C=O) groups is 3. The number of aryl methyl sites for hydroxylation is 1. The molecule has 10 heteroatoms. The third kappa shape index (κ3) is 4.15. The lowest BCUT2D eigenvalue weighted by Crippen LogP contribution is -2.28. The number of fused-ring (bicyclic) bond motifs is 1. The van der Waals surface area contributed by atoms with Crippen LogP contribution in [0.15, 0.2) is 28.8 Å². The number of rotatable bonds is 5. The Bertz CT molecular complexity index is 955. The normalized spacial score (nSPS) is 17.9. The quantitative estimate of drug-likeness (QED) is 0.744. The molecule has 1 aromatic heterocycles. The summed E-state index contributed by atoms with van der Waals surface area (Å²) in [5.74, 6) is -0.0397. The molecule has 1 saturated heterocycles. The topological polar surface area (TPSA) is 120 Å². The van der Waals surface area contributed by atoms with Crippen LogP contribution in [0.2, 0.25) is 0 Å². The maximum absolute atomic E-state index is 12.4. The molecule has 1 aromatic carbocycles. The zero-order chi connectivity index (χ0) is 20.4. The molecule has 10 nitrogen and oxygen atoms in total. The molecule has 152 valence electrons. The minimum atomic E-state index is -0.655. The number of anilines is 2. The molecule has 29 heavy (non-hydrogen) atoms. The Hall–Kier alpha value is -3.56. The number of ether oxygens (including phenoxy) is 3. The van der Waals surface area contributed by atoms with Crippen LogP contribution in [0.1, 0.15) is 12.2 Å². The summed E-state index contributed by atoms with van der Waals surface area (Å²) in [6.07, 6.45) is 0.0113. The Morgan fingerprint density at radius 1 is 1.24 bits per heavy atom. The van der Waals surface area contributed by atoms with Crippen LogP contribution in [0.4, 0.5) is 11.5 Å². The molecule has 4 rings (SSSR count). The monoisotopic (exact) mass is 401 g/mol. The first-order chi connectivity index (χ1) is 14.0. The van der Waals surface area contributed by atoms with E-state index < -0.39 is 24.4 Å². The van der Waals surface area contributed by atoms with Gasteiger partial charge < -0.3 is 29.0 Å². The van der Waals surface area contributed by atoms with Gasteiger partial charge in [-0.25, -0.2) is 0 Å². The van der Waals surface area contributed by atoms with E-state index in [1.165, 1.54) is 4.90 Å². The van der Waals surface area contributed by atoms with Gasteiger partial charge in [0.2, 0.25) is 5.91 Å². The number of nitrogens with one attached hydrogen (secondary N) is 1. The van der Waals surface area contributed by atoms with Gasteiger partial charge in [0.15, 0.2) is 23.9 Å². The lowest BCUT2D eigenvalue weighted by molar-refractivity contribution is -0.151. The third-order valence-corrected chi connectivity index (χ3v) is 4.54. The fourth-order valence-electron chi connectivity index (χ4n) is 3.17. The van der Waals surface area contributed by atoms with Gasteiger partial charge in [-0.05, 0) is 19.1 Å². The van der Waals surface area contributed by atoms with E-state index in [1.807, 2.05) is 0 Å². The van der Waals surface area contributed by atoms with Crippen LogP contribution >= 0.6 is 0 Å². The number of benzene rings is 1. The number of amides is 2. The van der Waals surface area contributed by atoms with E-state index in [-0.39, 0.29) is 24.7 Å². The minimum Gasteiger partial charge on any atom is -0.486 e. The van der Waals surface area contributed by atoms with Crippen LogP contribution in [-0.4, -0.2) is 49.3 Å². The molecule has 1 atom stereocenters. The Balaban J connectivity index is 1.32. The number of nitrogens with zero attached hydrogens (tertiary/aromatic N) is 2. The van der Waals surface area contributed by atoms with E-state index in [9.17, 15) is 14.4 Å². The summed E-state index contributed by atoms with van der Waals surface area (Å²) >= 11 is 0. The molecule has 1 fully saturated rings. The molecule has 0 bridgehead atoms. The molecule has 2 amide bonds. The van der Waals surface area contributed by atoms with E-state index >= 15 is 0 Å². The summed E-state index contributed by atoms with van der Waals surface area (Å²) in [4.78, 5) is 38.0. The molecule has 1 unspecified atom stereocenters. The van der Waals surface area contributed by atoms with Gasteiger partial charge in [-0.1, -0.05) is 5.16 Å². The van der Waals surface area contributed by atoms with Gasteiger partial charge in [0, 0.05) is 30.8 Å². The number of hydrogen-bond acceptors (Lipinski definition) is 8. The van der Waals surface area contributed by atoms with Gasteiger partial charge in [-0.2, -0.15) is 0 Å². The van der Waals surface area contributed by atoms with Crippen molar-refractivity contribution in [2.24, 2.45) is 5.92 Å². The highest BCUT2D eigenvalue weighted by Crippen LogP contribution is 2.36. The van der Waals surface area contributed by atoms with Crippen LogP contribution in [0, 0.1) is 12.8 Å². The van der Waals surface area contributed by atoms with E-state index in [2.05, 4.69) is 10.5 Å². The van der Waals surface area contributed by atoms with E-state index in [4.69, 9.17) is 18.7 Å². The Kier molecular flexibility index (Phi) is 5.07. The first-order valence-electron chi connectivity index (χ1n) is 9.09. The molecule has 2 aliphatic heterocycles. The van der Waals surface area contributed by atoms with Crippen molar-refractivity contribution in [1.29, 1.82) is 0 Å². The Labute approximate surface area is 165 Å². The molecule has 3 heterocycles. The summed E-state index contributed by atoms with van der Waals surface area (Å²) in [6, 6.07) is 6.74. The fourth-order valence-corrected chi connectivity index (χ4v) is 3.17. The second-order valence-electron chi connectivity index (χ2n) is 6.71. The van der Waals surface area contributed by atoms with Crippen molar-refractivity contribution in [3.63, 3.8) is 0 Å². The van der Waals surface area contributed by atoms with E-state index in [0.29, 0.717) is 36.2 Å². The van der Waals surface area contributed by atoms with Crippen LogP contribution in [0.3, 0.4) is 0 Å². The van der Waals surface area contributed by atoms with Crippen molar-refractivity contribution in [3.05, 3.63) is 30.0 Å².